The fourth-order valence-corrected chi connectivity index (χ4v) is 6.89. The first-order valence-electron chi connectivity index (χ1n) is 13.4. The van der Waals surface area contributed by atoms with Crippen molar-refractivity contribution in [3.63, 3.8) is 0 Å². The van der Waals surface area contributed by atoms with Gasteiger partial charge in [-0.25, -0.2) is 0 Å². The zero-order chi connectivity index (χ0) is 28.3. The first-order valence-corrected chi connectivity index (χ1v) is 13.4. The van der Waals surface area contributed by atoms with Crippen molar-refractivity contribution in [2.75, 3.05) is 14.2 Å². The number of carbonyl (C=O) groups is 3. The van der Waals surface area contributed by atoms with E-state index >= 15 is 0 Å². The number of ketones is 3. The summed E-state index contributed by atoms with van der Waals surface area (Å²) in [6.45, 7) is 0. The lowest BCUT2D eigenvalue weighted by Gasteiger charge is -2.36. The summed E-state index contributed by atoms with van der Waals surface area (Å²) >= 11 is 0. The second kappa shape index (κ2) is 9.27. The summed E-state index contributed by atoms with van der Waals surface area (Å²) in [4.78, 5) is 44.0. The predicted molar refractivity (Wildman–Crippen MR) is 153 cm³/mol. The van der Waals surface area contributed by atoms with Gasteiger partial charge in [-0.3, -0.25) is 19.4 Å². The van der Waals surface area contributed by atoms with Gasteiger partial charge in [-0.05, 0) is 53.1 Å². The summed E-state index contributed by atoms with van der Waals surface area (Å²) in [5.41, 5.74) is 1.88. The molecule has 4 aromatic rings. The van der Waals surface area contributed by atoms with Gasteiger partial charge < -0.3 is 9.47 Å². The highest BCUT2D eigenvalue weighted by Crippen LogP contribution is 2.64. The van der Waals surface area contributed by atoms with E-state index in [9.17, 15) is 14.4 Å². The maximum Gasteiger partial charge on any atom is 0.187 e. The monoisotopic (exact) mass is 542 g/mol. The normalized spacial score (nSPS) is 21.4. The van der Waals surface area contributed by atoms with Gasteiger partial charge in [0, 0.05) is 22.6 Å². The van der Waals surface area contributed by atoms with Crippen molar-refractivity contribution in [1.82, 2.24) is 5.01 Å². The Balaban J connectivity index is 1.52. The highest BCUT2D eigenvalue weighted by Gasteiger charge is 2.72. The highest BCUT2D eigenvalue weighted by atomic mass is 16.5. The van der Waals surface area contributed by atoms with Crippen LogP contribution in [0.15, 0.2) is 102 Å². The Morgan fingerprint density at radius 2 is 1.32 bits per heavy atom. The highest BCUT2D eigenvalue weighted by molar-refractivity contribution is 6.31. The van der Waals surface area contributed by atoms with Crippen LogP contribution in [0.2, 0.25) is 0 Å². The third-order valence-electron chi connectivity index (χ3n) is 8.69. The van der Waals surface area contributed by atoms with E-state index in [0.717, 1.165) is 11.1 Å². The van der Waals surface area contributed by atoms with E-state index in [1.54, 1.807) is 86.1 Å². The Labute approximate surface area is 237 Å². The van der Waals surface area contributed by atoms with E-state index in [1.807, 2.05) is 36.4 Å². The van der Waals surface area contributed by atoms with Gasteiger partial charge in [-0.15, -0.1) is 0 Å². The molecule has 0 aromatic heterocycles. The summed E-state index contributed by atoms with van der Waals surface area (Å²) < 4.78 is 10.7. The maximum absolute atomic E-state index is 14.7. The fourth-order valence-electron chi connectivity index (χ4n) is 6.89. The van der Waals surface area contributed by atoms with Gasteiger partial charge in [-0.2, -0.15) is 5.10 Å². The van der Waals surface area contributed by atoms with Crippen LogP contribution < -0.4 is 9.47 Å². The predicted octanol–water partition coefficient (Wildman–Crippen LogP) is 5.51. The van der Waals surface area contributed by atoms with Gasteiger partial charge in [0.05, 0.1) is 26.5 Å². The number of Topliss-reactive ketones (excluding diaryl/α,β-unsaturated/α-hetero) is 3. The maximum atomic E-state index is 14.7. The summed E-state index contributed by atoms with van der Waals surface area (Å²) in [5.74, 6) is -0.383. The van der Waals surface area contributed by atoms with Crippen molar-refractivity contribution in [3.05, 3.63) is 130 Å². The molecule has 2 heterocycles. The van der Waals surface area contributed by atoms with E-state index in [1.165, 1.54) is 0 Å². The summed E-state index contributed by atoms with van der Waals surface area (Å²) in [5, 5.41) is 6.49. The Kier molecular flexibility index (Phi) is 5.64. The van der Waals surface area contributed by atoms with Crippen molar-refractivity contribution in [3.8, 4) is 11.5 Å². The van der Waals surface area contributed by atoms with Gasteiger partial charge in [0.1, 0.15) is 23.0 Å². The molecule has 3 atom stereocenters. The lowest BCUT2D eigenvalue weighted by molar-refractivity contribution is 0.0586. The Morgan fingerprint density at radius 1 is 0.756 bits per heavy atom. The van der Waals surface area contributed by atoms with Crippen molar-refractivity contribution < 1.29 is 23.9 Å². The molecule has 1 aliphatic carbocycles. The number of ether oxygens (including phenoxy) is 2. The molecule has 0 radical (unpaired) electrons. The molecule has 7 heteroatoms. The average molecular weight is 543 g/mol. The number of carbonyl (C=O) groups excluding carboxylic acids is 3. The van der Waals surface area contributed by atoms with Crippen molar-refractivity contribution in [2.45, 2.75) is 18.0 Å². The number of hydrogen-bond acceptors (Lipinski definition) is 7. The minimum absolute atomic E-state index is 0.233. The SMILES string of the molecule is COc1ccc(C(=O)[C@H]2[C@H](c3ccc(OC)cc3)C3(C(=O)c4ccccc4C3=O)C3c4ccccc4C=NN32)cc1. The smallest absolute Gasteiger partial charge is 0.187 e. The van der Waals surface area contributed by atoms with Crippen LogP contribution >= 0.6 is 0 Å². The Morgan fingerprint density at radius 3 is 1.93 bits per heavy atom. The average Bonchev–Trinajstić information content (AvgIpc) is 3.47. The molecule has 1 spiro atoms. The molecule has 4 aromatic carbocycles. The van der Waals surface area contributed by atoms with Gasteiger partial charge in [0.25, 0.3) is 0 Å². The van der Waals surface area contributed by atoms with Gasteiger partial charge >= 0.3 is 0 Å². The summed E-state index contributed by atoms with van der Waals surface area (Å²) in [7, 11) is 3.14. The topological polar surface area (TPSA) is 85.3 Å². The van der Waals surface area contributed by atoms with Crippen LogP contribution in [-0.4, -0.2) is 48.8 Å². The Hall–Kier alpha value is -5.04. The van der Waals surface area contributed by atoms with Crippen molar-refractivity contribution in [1.29, 1.82) is 0 Å². The van der Waals surface area contributed by atoms with Crippen molar-refractivity contribution >= 4 is 23.6 Å². The second-order valence-corrected chi connectivity index (χ2v) is 10.5. The molecule has 1 unspecified atom stereocenters. The fraction of sp³-hybridized carbons (Fsp3) is 0.176. The van der Waals surface area contributed by atoms with E-state index in [0.29, 0.717) is 33.8 Å². The largest absolute Gasteiger partial charge is 0.497 e. The van der Waals surface area contributed by atoms with E-state index < -0.39 is 23.4 Å². The molecular weight excluding hydrogens is 516 g/mol. The quantitative estimate of drug-likeness (QED) is 0.244. The number of nitrogens with zero attached hydrogens (tertiary/aromatic N) is 2. The molecular formula is C34H26N2O5. The molecule has 0 N–H and O–H groups in total. The molecule has 0 bridgehead atoms. The van der Waals surface area contributed by atoms with Gasteiger partial charge in [-0.1, -0.05) is 60.7 Å². The van der Waals surface area contributed by atoms with Crippen LogP contribution in [0.5, 0.6) is 11.5 Å². The van der Waals surface area contributed by atoms with Crippen LogP contribution in [0.25, 0.3) is 0 Å². The van der Waals surface area contributed by atoms with Crippen LogP contribution in [0, 0.1) is 5.41 Å². The van der Waals surface area contributed by atoms with Crippen LogP contribution in [0.3, 0.4) is 0 Å². The zero-order valence-electron chi connectivity index (χ0n) is 22.5. The van der Waals surface area contributed by atoms with Crippen LogP contribution in [0.1, 0.15) is 59.7 Å². The minimum atomic E-state index is -1.61. The molecule has 7 rings (SSSR count). The number of benzene rings is 4. The third kappa shape index (κ3) is 3.38. The standard InChI is InChI=1S/C34H26N2O5/c1-40-23-15-11-20(12-16-23)28-29(30(37)21-13-17-24(41-2)18-14-21)36-31(25-8-4-3-7-22(25)19-35-36)34(28)32(38)26-9-5-6-10-27(26)33(34)39/h3-19,28-29,31H,1-2H3/t28-,29+,31?/m0/s1. The molecule has 2 aliphatic heterocycles. The molecule has 7 nitrogen and oxygen atoms in total. The lowest BCUT2D eigenvalue weighted by atomic mass is 9.63. The third-order valence-corrected chi connectivity index (χ3v) is 8.69. The lowest BCUT2D eigenvalue weighted by Crippen LogP contribution is -2.43. The molecule has 0 amide bonds. The summed E-state index contributed by atoms with van der Waals surface area (Å²) in [6, 6.07) is 27.0. The summed E-state index contributed by atoms with van der Waals surface area (Å²) in [6.07, 6.45) is 1.71. The molecule has 1 saturated heterocycles. The number of rotatable bonds is 5. The minimum Gasteiger partial charge on any atom is -0.497 e. The van der Waals surface area contributed by atoms with Crippen LogP contribution in [0.4, 0.5) is 0 Å². The van der Waals surface area contributed by atoms with E-state index in [4.69, 9.17) is 14.6 Å². The van der Waals surface area contributed by atoms with Crippen molar-refractivity contribution in [2.24, 2.45) is 10.5 Å². The zero-order valence-corrected chi connectivity index (χ0v) is 22.5. The number of hydrazone groups is 1. The Bertz CT molecular complexity index is 1710. The van der Waals surface area contributed by atoms with Crippen LogP contribution in [-0.2, 0) is 0 Å². The molecule has 1 fully saturated rings. The number of hydrogen-bond donors (Lipinski definition) is 0. The molecule has 202 valence electrons. The first kappa shape index (κ1) is 25.0. The van der Waals surface area contributed by atoms with Gasteiger partial charge in [0.15, 0.2) is 17.3 Å². The van der Waals surface area contributed by atoms with E-state index in [2.05, 4.69) is 0 Å². The molecule has 3 aliphatic rings. The molecule has 41 heavy (non-hydrogen) atoms. The number of fused-ring (bicyclic) bond motifs is 5. The van der Waals surface area contributed by atoms with E-state index in [-0.39, 0.29) is 17.3 Å². The second-order valence-electron chi connectivity index (χ2n) is 10.5. The van der Waals surface area contributed by atoms with Gasteiger partial charge in [0.2, 0.25) is 0 Å². The first-order chi connectivity index (χ1) is 20.0. The number of methoxy groups -OCH3 is 2. The molecule has 0 saturated carbocycles.